The van der Waals surface area contributed by atoms with E-state index < -0.39 is 0 Å². The average Bonchev–Trinajstić information content (AvgIpc) is 2.47. The van der Waals surface area contributed by atoms with E-state index in [1.54, 1.807) is 0 Å². The quantitative estimate of drug-likeness (QED) is 0.848. The van der Waals surface area contributed by atoms with Crippen molar-refractivity contribution in [1.29, 1.82) is 0 Å². The van der Waals surface area contributed by atoms with Gasteiger partial charge >= 0.3 is 0 Å². The molecule has 3 nitrogen and oxygen atoms in total. The first-order valence-corrected chi connectivity index (χ1v) is 8.59. The predicted molar refractivity (Wildman–Crippen MR) is 92.0 cm³/mol. The standard InChI is InChI=1S/C19H30N2O/c1-14-9-15(2)11-17(10-14)6-8-21-19(22)12-16(3)18-5-4-7-20-13-18/h9-11,16,18,20H,4-8,12-13H2,1-3H3,(H,21,22). The SMILES string of the molecule is Cc1cc(C)cc(CCNC(=O)CC(C)C2CCCNC2)c1. The lowest BCUT2D eigenvalue weighted by atomic mass is 9.85. The Kier molecular flexibility index (Phi) is 6.44. The van der Waals surface area contributed by atoms with Crippen LogP contribution in [0.4, 0.5) is 0 Å². The molecule has 3 heteroatoms. The number of aryl methyl sites for hydroxylation is 2. The Morgan fingerprint density at radius 2 is 2.05 bits per heavy atom. The van der Waals surface area contributed by atoms with Crippen molar-refractivity contribution in [2.75, 3.05) is 19.6 Å². The zero-order valence-corrected chi connectivity index (χ0v) is 14.2. The molecule has 2 unspecified atom stereocenters. The Morgan fingerprint density at radius 1 is 1.32 bits per heavy atom. The van der Waals surface area contributed by atoms with Gasteiger partial charge in [0.25, 0.3) is 0 Å². The van der Waals surface area contributed by atoms with Crippen molar-refractivity contribution in [1.82, 2.24) is 10.6 Å². The van der Waals surface area contributed by atoms with Gasteiger partial charge in [0.2, 0.25) is 5.91 Å². The van der Waals surface area contributed by atoms with Crippen LogP contribution in [-0.2, 0) is 11.2 Å². The maximum atomic E-state index is 12.1. The highest BCUT2D eigenvalue weighted by molar-refractivity contribution is 5.76. The van der Waals surface area contributed by atoms with Gasteiger partial charge in [0.1, 0.15) is 0 Å². The fourth-order valence-corrected chi connectivity index (χ4v) is 3.46. The third-order valence-electron chi connectivity index (χ3n) is 4.66. The number of carbonyl (C=O) groups is 1. The molecule has 2 rings (SSSR count). The monoisotopic (exact) mass is 302 g/mol. The van der Waals surface area contributed by atoms with Crippen LogP contribution in [0.25, 0.3) is 0 Å². The summed E-state index contributed by atoms with van der Waals surface area (Å²) in [6.45, 7) is 9.38. The highest BCUT2D eigenvalue weighted by Gasteiger charge is 2.21. The Balaban J connectivity index is 1.70. The lowest BCUT2D eigenvalue weighted by molar-refractivity contribution is -0.122. The molecular formula is C19H30N2O. The number of carbonyl (C=O) groups excluding carboxylic acids is 1. The van der Waals surface area contributed by atoms with Gasteiger partial charge in [-0.25, -0.2) is 0 Å². The summed E-state index contributed by atoms with van der Waals surface area (Å²) < 4.78 is 0. The summed E-state index contributed by atoms with van der Waals surface area (Å²) in [6, 6.07) is 6.59. The summed E-state index contributed by atoms with van der Waals surface area (Å²) in [5.41, 5.74) is 3.89. The van der Waals surface area contributed by atoms with E-state index in [1.165, 1.54) is 29.5 Å². The van der Waals surface area contributed by atoms with Gasteiger partial charge in [0.15, 0.2) is 0 Å². The van der Waals surface area contributed by atoms with Crippen LogP contribution in [-0.4, -0.2) is 25.5 Å². The van der Waals surface area contributed by atoms with Crippen LogP contribution < -0.4 is 10.6 Å². The molecule has 1 aliphatic rings. The van der Waals surface area contributed by atoms with Gasteiger partial charge in [-0.3, -0.25) is 4.79 Å². The molecule has 0 bridgehead atoms. The summed E-state index contributed by atoms with van der Waals surface area (Å²) in [4.78, 5) is 12.1. The second kappa shape index (κ2) is 8.33. The summed E-state index contributed by atoms with van der Waals surface area (Å²) in [7, 11) is 0. The van der Waals surface area contributed by atoms with Crippen molar-refractivity contribution < 1.29 is 4.79 Å². The van der Waals surface area contributed by atoms with Crippen molar-refractivity contribution in [2.45, 2.75) is 46.5 Å². The second-order valence-electron chi connectivity index (χ2n) is 6.88. The molecule has 2 atom stereocenters. The first-order chi connectivity index (χ1) is 10.5. The fourth-order valence-electron chi connectivity index (χ4n) is 3.46. The number of amides is 1. The van der Waals surface area contributed by atoms with Crippen molar-refractivity contribution in [3.8, 4) is 0 Å². The highest BCUT2D eigenvalue weighted by Crippen LogP contribution is 2.22. The van der Waals surface area contributed by atoms with Gasteiger partial charge in [-0.2, -0.15) is 0 Å². The first kappa shape index (κ1) is 17.0. The predicted octanol–water partition coefficient (Wildman–Crippen LogP) is 2.99. The van der Waals surface area contributed by atoms with Crippen LogP contribution in [0.1, 0.15) is 42.9 Å². The Morgan fingerprint density at radius 3 is 2.68 bits per heavy atom. The van der Waals surface area contributed by atoms with Gasteiger partial charge in [-0.1, -0.05) is 36.2 Å². The second-order valence-corrected chi connectivity index (χ2v) is 6.88. The van der Waals surface area contributed by atoms with E-state index in [0.717, 1.165) is 26.1 Å². The van der Waals surface area contributed by atoms with Gasteiger partial charge in [0.05, 0.1) is 0 Å². The molecule has 122 valence electrons. The summed E-state index contributed by atoms with van der Waals surface area (Å²) >= 11 is 0. The van der Waals surface area contributed by atoms with Crippen LogP contribution in [0.2, 0.25) is 0 Å². The van der Waals surface area contributed by atoms with Crippen molar-refractivity contribution in [3.05, 3.63) is 34.9 Å². The molecule has 1 heterocycles. The minimum atomic E-state index is 0.197. The molecule has 1 saturated heterocycles. The molecular weight excluding hydrogens is 272 g/mol. The van der Waals surface area contributed by atoms with E-state index in [9.17, 15) is 4.79 Å². The molecule has 1 aromatic carbocycles. The van der Waals surface area contributed by atoms with Crippen molar-refractivity contribution in [3.63, 3.8) is 0 Å². The maximum absolute atomic E-state index is 12.1. The first-order valence-electron chi connectivity index (χ1n) is 8.59. The third-order valence-corrected chi connectivity index (χ3v) is 4.66. The normalized spacial score (nSPS) is 19.7. The van der Waals surface area contributed by atoms with E-state index in [0.29, 0.717) is 18.3 Å². The van der Waals surface area contributed by atoms with Crippen LogP contribution >= 0.6 is 0 Å². The number of benzene rings is 1. The number of nitrogens with one attached hydrogen (secondary N) is 2. The van der Waals surface area contributed by atoms with Gasteiger partial charge < -0.3 is 10.6 Å². The van der Waals surface area contributed by atoms with E-state index >= 15 is 0 Å². The molecule has 0 saturated carbocycles. The van der Waals surface area contributed by atoms with Gasteiger partial charge in [-0.05, 0) is 63.6 Å². The van der Waals surface area contributed by atoms with E-state index in [1.807, 2.05) is 0 Å². The van der Waals surface area contributed by atoms with Gasteiger partial charge in [-0.15, -0.1) is 0 Å². The van der Waals surface area contributed by atoms with Crippen LogP contribution in [0.15, 0.2) is 18.2 Å². The maximum Gasteiger partial charge on any atom is 0.220 e. The molecule has 1 fully saturated rings. The van der Waals surface area contributed by atoms with Crippen LogP contribution in [0, 0.1) is 25.7 Å². The van der Waals surface area contributed by atoms with Crippen LogP contribution in [0.3, 0.4) is 0 Å². The number of hydrogen-bond donors (Lipinski definition) is 2. The van der Waals surface area contributed by atoms with E-state index in [4.69, 9.17) is 0 Å². The molecule has 0 radical (unpaired) electrons. The molecule has 2 N–H and O–H groups in total. The molecule has 22 heavy (non-hydrogen) atoms. The lowest BCUT2D eigenvalue weighted by Gasteiger charge is -2.28. The minimum absolute atomic E-state index is 0.197. The largest absolute Gasteiger partial charge is 0.356 e. The summed E-state index contributed by atoms with van der Waals surface area (Å²) in [6.07, 6.45) is 4.06. The van der Waals surface area contributed by atoms with Crippen molar-refractivity contribution in [2.24, 2.45) is 11.8 Å². The summed E-state index contributed by atoms with van der Waals surface area (Å²) in [5, 5.41) is 6.51. The van der Waals surface area contributed by atoms with E-state index in [2.05, 4.69) is 49.6 Å². The average molecular weight is 302 g/mol. The molecule has 1 amide bonds. The lowest BCUT2D eigenvalue weighted by Crippen LogP contribution is -2.36. The Bertz CT molecular complexity index is 472. The van der Waals surface area contributed by atoms with E-state index in [-0.39, 0.29) is 5.91 Å². The van der Waals surface area contributed by atoms with Gasteiger partial charge in [0, 0.05) is 13.0 Å². The number of piperidine rings is 1. The Hall–Kier alpha value is -1.35. The smallest absolute Gasteiger partial charge is 0.220 e. The molecule has 0 aliphatic carbocycles. The minimum Gasteiger partial charge on any atom is -0.356 e. The fraction of sp³-hybridized carbons (Fsp3) is 0.632. The molecule has 0 aromatic heterocycles. The van der Waals surface area contributed by atoms with Crippen LogP contribution in [0.5, 0.6) is 0 Å². The summed E-state index contributed by atoms with van der Waals surface area (Å²) in [5.74, 6) is 1.32. The Labute approximate surface area is 134 Å². The molecule has 0 spiro atoms. The number of hydrogen-bond acceptors (Lipinski definition) is 2. The highest BCUT2D eigenvalue weighted by atomic mass is 16.1. The van der Waals surface area contributed by atoms with Crippen molar-refractivity contribution >= 4 is 5.91 Å². The molecule has 1 aliphatic heterocycles. The zero-order chi connectivity index (χ0) is 15.9. The molecule has 1 aromatic rings. The third kappa shape index (κ3) is 5.45. The zero-order valence-electron chi connectivity index (χ0n) is 14.2. The topological polar surface area (TPSA) is 41.1 Å². The number of rotatable bonds is 6.